The van der Waals surface area contributed by atoms with E-state index >= 15 is 0 Å². The van der Waals surface area contributed by atoms with Crippen LogP contribution in [0, 0.1) is 0 Å². The summed E-state index contributed by atoms with van der Waals surface area (Å²) in [6.07, 6.45) is 3.56. The number of fused-ring (bicyclic) bond motifs is 1. The van der Waals surface area contributed by atoms with E-state index in [0.717, 1.165) is 6.54 Å². The Morgan fingerprint density at radius 2 is 1.90 bits per heavy atom. The van der Waals surface area contributed by atoms with Gasteiger partial charge in [-0.1, -0.05) is 0 Å². The van der Waals surface area contributed by atoms with Gasteiger partial charge in [0.25, 0.3) is 0 Å². The van der Waals surface area contributed by atoms with Crippen molar-refractivity contribution in [2.24, 2.45) is 0 Å². The highest BCUT2D eigenvalue weighted by Crippen LogP contribution is 2.24. The lowest BCUT2D eigenvalue weighted by atomic mass is 10.1. The van der Waals surface area contributed by atoms with E-state index in [4.69, 9.17) is 0 Å². The van der Waals surface area contributed by atoms with Crippen molar-refractivity contribution in [3.63, 3.8) is 0 Å². The number of rotatable bonds is 4. The lowest BCUT2D eigenvalue weighted by Gasteiger charge is -2.48. The van der Waals surface area contributed by atoms with Crippen molar-refractivity contribution in [3.05, 3.63) is 0 Å². The van der Waals surface area contributed by atoms with Crippen molar-refractivity contribution in [3.8, 4) is 0 Å². The molecule has 3 atom stereocenters. The molecule has 3 unspecified atom stereocenters. The molecule has 3 saturated heterocycles. The summed E-state index contributed by atoms with van der Waals surface area (Å²) in [5, 5.41) is 6.19. The largest absolute Gasteiger partial charge is 0.308 e. The molecule has 122 valence electrons. The van der Waals surface area contributed by atoms with Gasteiger partial charge in [0.05, 0.1) is 12.3 Å². The first-order valence-electron chi connectivity index (χ1n) is 8.52. The summed E-state index contributed by atoms with van der Waals surface area (Å²) >= 11 is 0. The molecule has 21 heavy (non-hydrogen) atoms. The Hall–Kier alpha value is -0.240. The Morgan fingerprint density at radius 3 is 2.62 bits per heavy atom. The Bertz CT molecular complexity index is 328. The first-order valence-corrected chi connectivity index (χ1v) is 8.52. The SMILES string of the molecule is CC1CC(N2CCN(CCN(C)C)CC2)N2NCCC2N1. The Labute approximate surface area is 129 Å². The molecule has 3 aliphatic rings. The zero-order chi connectivity index (χ0) is 14.8. The topological polar surface area (TPSA) is 37.0 Å². The van der Waals surface area contributed by atoms with Gasteiger partial charge in [-0.05, 0) is 33.9 Å². The molecule has 3 aliphatic heterocycles. The highest BCUT2D eigenvalue weighted by molar-refractivity contribution is 4.91. The predicted octanol–water partition coefficient (Wildman–Crippen LogP) is -0.590. The molecule has 0 radical (unpaired) electrons. The minimum Gasteiger partial charge on any atom is -0.308 e. The van der Waals surface area contributed by atoms with Gasteiger partial charge in [-0.15, -0.1) is 0 Å². The van der Waals surface area contributed by atoms with Gasteiger partial charge in [-0.3, -0.25) is 20.5 Å². The average Bonchev–Trinajstić information content (AvgIpc) is 2.93. The first-order chi connectivity index (χ1) is 10.1. The van der Waals surface area contributed by atoms with Gasteiger partial charge in [0.2, 0.25) is 0 Å². The van der Waals surface area contributed by atoms with Gasteiger partial charge < -0.3 is 4.90 Å². The number of hydrogen-bond donors (Lipinski definition) is 2. The molecule has 0 saturated carbocycles. The molecule has 0 aromatic carbocycles. The van der Waals surface area contributed by atoms with Gasteiger partial charge in [0, 0.05) is 51.9 Å². The first kappa shape index (κ1) is 15.6. The maximum Gasteiger partial charge on any atom is 0.0791 e. The number of likely N-dealkylation sites (N-methyl/N-ethyl adjacent to an activating group) is 1. The molecule has 3 heterocycles. The number of piperazine rings is 1. The third kappa shape index (κ3) is 3.75. The highest BCUT2D eigenvalue weighted by Gasteiger charge is 2.40. The van der Waals surface area contributed by atoms with Crippen LogP contribution in [0.3, 0.4) is 0 Å². The minimum absolute atomic E-state index is 0.533. The van der Waals surface area contributed by atoms with Crippen LogP contribution in [-0.4, -0.2) is 98.0 Å². The van der Waals surface area contributed by atoms with Crippen LogP contribution in [0.2, 0.25) is 0 Å². The Balaban J connectivity index is 1.51. The summed E-state index contributed by atoms with van der Waals surface area (Å²) in [6.45, 7) is 10.6. The standard InChI is InChI=1S/C15H32N6/c1-13-12-15(21-14(17-13)4-5-16-21)20-10-8-19(9-11-20)7-6-18(2)3/h13-17H,4-12H2,1-3H3. The van der Waals surface area contributed by atoms with E-state index in [1.54, 1.807) is 0 Å². The number of nitrogens with zero attached hydrogens (tertiary/aromatic N) is 4. The van der Waals surface area contributed by atoms with E-state index in [1.165, 1.54) is 52.1 Å². The molecule has 0 aromatic rings. The lowest BCUT2D eigenvalue weighted by Crippen LogP contribution is -2.66. The fraction of sp³-hybridized carbons (Fsp3) is 1.00. The smallest absolute Gasteiger partial charge is 0.0791 e. The number of hydrogen-bond acceptors (Lipinski definition) is 6. The molecule has 2 N–H and O–H groups in total. The lowest BCUT2D eigenvalue weighted by molar-refractivity contribution is -0.0635. The third-order valence-corrected chi connectivity index (χ3v) is 5.10. The predicted molar refractivity (Wildman–Crippen MR) is 85.8 cm³/mol. The van der Waals surface area contributed by atoms with Crippen LogP contribution in [0.15, 0.2) is 0 Å². The Kier molecular flexibility index (Phi) is 5.14. The maximum absolute atomic E-state index is 3.71. The molecular formula is C15H32N6. The fourth-order valence-corrected chi connectivity index (χ4v) is 3.83. The minimum atomic E-state index is 0.533. The summed E-state index contributed by atoms with van der Waals surface area (Å²) in [6, 6.07) is 0.628. The second kappa shape index (κ2) is 6.89. The van der Waals surface area contributed by atoms with Crippen molar-refractivity contribution in [1.29, 1.82) is 0 Å². The van der Waals surface area contributed by atoms with Crippen LogP contribution in [0.4, 0.5) is 0 Å². The van der Waals surface area contributed by atoms with E-state index in [2.05, 4.69) is 51.5 Å². The molecular weight excluding hydrogens is 264 g/mol. The van der Waals surface area contributed by atoms with Crippen molar-refractivity contribution >= 4 is 0 Å². The van der Waals surface area contributed by atoms with Gasteiger partial charge in [-0.2, -0.15) is 0 Å². The maximum atomic E-state index is 3.71. The van der Waals surface area contributed by atoms with Gasteiger partial charge in [0.1, 0.15) is 0 Å². The van der Waals surface area contributed by atoms with Crippen molar-refractivity contribution in [1.82, 2.24) is 30.5 Å². The van der Waals surface area contributed by atoms with Gasteiger partial charge in [-0.25, -0.2) is 5.01 Å². The molecule has 0 amide bonds. The van der Waals surface area contributed by atoms with E-state index in [1.807, 2.05) is 0 Å². The summed E-state index contributed by atoms with van der Waals surface area (Å²) in [4.78, 5) is 7.57. The van der Waals surface area contributed by atoms with Crippen molar-refractivity contribution in [2.45, 2.75) is 38.1 Å². The monoisotopic (exact) mass is 296 g/mol. The highest BCUT2D eigenvalue weighted by atomic mass is 15.7. The van der Waals surface area contributed by atoms with Crippen LogP contribution in [0.1, 0.15) is 19.8 Å². The molecule has 0 bridgehead atoms. The quantitative estimate of drug-likeness (QED) is 0.722. The van der Waals surface area contributed by atoms with Crippen molar-refractivity contribution in [2.75, 3.05) is 59.9 Å². The summed E-state index contributed by atoms with van der Waals surface area (Å²) in [5.41, 5.74) is 3.59. The van der Waals surface area contributed by atoms with Crippen molar-refractivity contribution < 1.29 is 0 Å². The second-order valence-corrected chi connectivity index (χ2v) is 7.08. The molecule has 6 nitrogen and oxygen atoms in total. The molecule has 0 spiro atoms. The fourth-order valence-electron chi connectivity index (χ4n) is 3.83. The van der Waals surface area contributed by atoms with E-state index in [9.17, 15) is 0 Å². The van der Waals surface area contributed by atoms with Crippen LogP contribution < -0.4 is 10.7 Å². The summed E-state index contributed by atoms with van der Waals surface area (Å²) in [5.74, 6) is 0. The molecule has 6 heteroatoms. The third-order valence-electron chi connectivity index (χ3n) is 5.10. The normalized spacial score (nSPS) is 36.3. The summed E-state index contributed by atoms with van der Waals surface area (Å²) < 4.78 is 0. The summed E-state index contributed by atoms with van der Waals surface area (Å²) in [7, 11) is 4.32. The zero-order valence-corrected chi connectivity index (χ0v) is 13.9. The second-order valence-electron chi connectivity index (χ2n) is 7.08. The van der Waals surface area contributed by atoms with Gasteiger partial charge in [0.15, 0.2) is 0 Å². The molecule has 3 fully saturated rings. The van der Waals surface area contributed by atoms with Crippen LogP contribution >= 0.6 is 0 Å². The molecule has 0 aromatic heterocycles. The van der Waals surface area contributed by atoms with Crippen LogP contribution in [0.5, 0.6) is 0 Å². The van der Waals surface area contributed by atoms with Crippen LogP contribution in [0.25, 0.3) is 0 Å². The number of nitrogens with one attached hydrogen (secondary N) is 2. The average molecular weight is 296 g/mol. The molecule has 0 aliphatic carbocycles. The van der Waals surface area contributed by atoms with E-state index < -0.39 is 0 Å². The van der Waals surface area contributed by atoms with E-state index in [-0.39, 0.29) is 0 Å². The van der Waals surface area contributed by atoms with Crippen LogP contribution in [-0.2, 0) is 0 Å². The van der Waals surface area contributed by atoms with E-state index in [0.29, 0.717) is 18.4 Å². The zero-order valence-electron chi connectivity index (χ0n) is 13.9. The Morgan fingerprint density at radius 1 is 1.14 bits per heavy atom. The molecule has 3 rings (SSSR count). The number of hydrazine groups is 1. The van der Waals surface area contributed by atoms with Gasteiger partial charge >= 0.3 is 0 Å².